The summed E-state index contributed by atoms with van der Waals surface area (Å²) in [5.74, 6) is -1.84. The Labute approximate surface area is 472 Å². The molecule has 19 heteroatoms. The molecular formula is C62H77F6N7O6. The van der Waals surface area contributed by atoms with Crippen LogP contribution in [0.5, 0.6) is 0 Å². The molecule has 2 N–H and O–H groups in total. The third-order valence-corrected chi connectivity index (χ3v) is 15.4. The third-order valence-electron chi connectivity index (χ3n) is 15.4. The quantitative estimate of drug-likeness (QED) is 0.0446. The van der Waals surface area contributed by atoms with E-state index in [0.29, 0.717) is 29.7 Å². The minimum Gasteiger partial charge on any atom is -0.463 e. The maximum atomic E-state index is 14.6. The molecule has 13 nitrogen and oxygen atoms in total. The molecule has 4 atom stereocenters. The average Bonchev–Trinajstić information content (AvgIpc) is 3.63. The molecule has 0 saturated heterocycles. The fourth-order valence-corrected chi connectivity index (χ4v) is 11.2. The second-order valence-corrected chi connectivity index (χ2v) is 20.9. The molecule has 0 radical (unpaired) electrons. The van der Waals surface area contributed by atoms with Crippen LogP contribution in [0.1, 0.15) is 147 Å². The summed E-state index contributed by atoms with van der Waals surface area (Å²) < 4.78 is 94.4. The highest BCUT2D eigenvalue weighted by Gasteiger charge is 2.47. The highest BCUT2D eigenvalue weighted by atomic mass is 19.4. The number of nitriles is 1. The first-order valence-corrected chi connectivity index (χ1v) is 28.4. The molecule has 1 aliphatic carbocycles. The summed E-state index contributed by atoms with van der Waals surface area (Å²) in [6.07, 6.45) is 6.75. The van der Waals surface area contributed by atoms with Crippen molar-refractivity contribution in [1.29, 1.82) is 5.26 Å². The molecule has 0 saturated carbocycles. The van der Waals surface area contributed by atoms with Crippen molar-refractivity contribution in [2.45, 2.75) is 143 Å². The van der Waals surface area contributed by atoms with Crippen LogP contribution in [0, 0.1) is 23.2 Å². The molecule has 3 aromatic carbocycles. The number of ether oxygens (including phenoxy) is 2. The molecule has 438 valence electrons. The lowest BCUT2D eigenvalue weighted by Gasteiger charge is -2.46. The van der Waals surface area contributed by atoms with Gasteiger partial charge in [-0.15, -0.1) is 0 Å². The number of unbranched alkanes of at least 4 members (excludes halogenated alkanes) is 10. The Morgan fingerprint density at radius 2 is 1.11 bits per heavy atom. The van der Waals surface area contributed by atoms with E-state index in [1.165, 1.54) is 41.0 Å². The maximum absolute atomic E-state index is 14.6. The number of rotatable bonds is 27. The minimum absolute atomic E-state index is 0.00475. The van der Waals surface area contributed by atoms with Gasteiger partial charge in [0.25, 0.3) is 0 Å². The van der Waals surface area contributed by atoms with Crippen LogP contribution in [0.25, 0.3) is 0 Å². The number of carbonyl (C=O) groups is 4. The van der Waals surface area contributed by atoms with Crippen LogP contribution in [0.2, 0.25) is 0 Å². The third kappa shape index (κ3) is 15.9. The summed E-state index contributed by atoms with van der Waals surface area (Å²) in [7, 11) is 0. The van der Waals surface area contributed by atoms with E-state index >= 15 is 0 Å². The van der Waals surface area contributed by atoms with E-state index in [0.717, 1.165) is 113 Å². The van der Waals surface area contributed by atoms with Gasteiger partial charge in [0.15, 0.2) is 0 Å². The number of benzene rings is 3. The van der Waals surface area contributed by atoms with E-state index in [1.807, 2.05) is 19.1 Å². The summed E-state index contributed by atoms with van der Waals surface area (Å²) in [6, 6.07) is 14.9. The normalized spacial score (nSPS) is 18.9. The number of esters is 2. The Bertz CT molecular complexity index is 2840. The molecule has 0 spiro atoms. The molecule has 3 aromatic rings. The number of halogens is 6. The molecule has 4 amide bonds. The van der Waals surface area contributed by atoms with Crippen molar-refractivity contribution in [2.75, 3.05) is 55.7 Å². The number of amides is 4. The minimum atomic E-state index is -4.66. The summed E-state index contributed by atoms with van der Waals surface area (Å²) >= 11 is 0. The molecule has 6 rings (SSSR count). The Balaban J connectivity index is 0.987. The molecular weight excluding hydrogens is 1050 g/mol. The highest BCUT2D eigenvalue weighted by Crippen LogP contribution is 2.43. The van der Waals surface area contributed by atoms with Gasteiger partial charge >= 0.3 is 36.4 Å². The number of anilines is 2. The number of hydrogen-bond donors (Lipinski definition) is 1. The van der Waals surface area contributed by atoms with Crippen molar-refractivity contribution in [1.82, 2.24) is 14.7 Å². The second kappa shape index (κ2) is 29.1. The van der Waals surface area contributed by atoms with Crippen molar-refractivity contribution in [3.8, 4) is 6.07 Å². The van der Waals surface area contributed by atoms with Crippen LogP contribution >= 0.6 is 0 Å². The second-order valence-electron chi connectivity index (χ2n) is 20.9. The van der Waals surface area contributed by atoms with Crippen LogP contribution in [0.3, 0.4) is 0 Å². The Morgan fingerprint density at radius 3 is 1.58 bits per heavy atom. The van der Waals surface area contributed by atoms with E-state index in [2.05, 4.69) is 17.9 Å². The van der Waals surface area contributed by atoms with Gasteiger partial charge in [-0.2, -0.15) is 31.6 Å². The van der Waals surface area contributed by atoms with Crippen LogP contribution in [0.4, 0.5) is 47.3 Å². The molecule has 2 aliphatic heterocycles. The fourth-order valence-electron chi connectivity index (χ4n) is 11.2. The zero-order valence-corrected chi connectivity index (χ0v) is 47.4. The monoisotopic (exact) mass is 1130 g/mol. The predicted molar refractivity (Wildman–Crippen MR) is 300 cm³/mol. The smallest absolute Gasteiger partial charge is 0.416 e. The first kappa shape index (κ1) is 63.1. The average molecular weight is 1130 g/mol. The van der Waals surface area contributed by atoms with E-state index in [9.17, 15) is 50.8 Å². The molecule has 0 bridgehead atoms. The van der Waals surface area contributed by atoms with Gasteiger partial charge in [-0.05, 0) is 139 Å². The Hall–Kier alpha value is -7.07. The van der Waals surface area contributed by atoms with Crippen molar-refractivity contribution in [3.05, 3.63) is 142 Å². The maximum Gasteiger partial charge on any atom is 0.416 e. The summed E-state index contributed by atoms with van der Waals surface area (Å²) in [5.41, 5.74) is 6.51. The number of nitrogens with zero attached hydrogens (tertiary/aromatic N) is 6. The van der Waals surface area contributed by atoms with Crippen LogP contribution in [-0.2, 0) is 31.4 Å². The van der Waals surface area contributed by atoms with Gasteiger partial charge in [0, 0.05) is 36.1 Å². The van der Waals surface area contributed by atoms with Gasteiger partial charge < -0.3 is 29.9 Å². The van der Waals surface area contributed by atoms with Crippen molar-refractivity contribution >= 4 is 35.4 Å². The van der Waals surface area contributed by atoms with Crippen LogP contribution in [0.15, 0.2) is 119 Å². The predicted octanol–water partition coefficient (Wildman–Crippen LogP) is 14.2. The van der Waals surface area contributed by atoms with E-state index < -0.39 is 59.6 Å². The Morgan fingerprint density at radius 1 is 0.654 bits per heavy atom. The highest BCUT2D eigenvalue weighted by molar-refractivity contribution is 6.04. The fraction of sp³-hybridized carbons (Fsp3) is 0.500. The summed E-state index contributed by atoms with van der Waals surface area (Å²) in [5, 5.41) is 9.48. The summed E-state index contributed by atoms with van der Waals surface area (Å²) in [4.78, 5) is 64.6. The molecule has 3 aliphatic rings. The molecule has 81 heavy (non-hydrogen) atoms. The SMILES string of the molecule is CCOC(=O)C1=C(C)N(c2cccc(C(F)(F)F)c2)C(=O)N(CCCCCCCCN(CC)CCCCCCCCN2C(=O)N(c3cccc(C(F)(F)F)c3)C(C)=C(C(=O)OCC)[C@H]2C2C=CC(N)=CC2C)[C@@H]1c1ccc(C#N)cc1. The van der Waals surface area contributed by atoms with Crippen molar-refractivity contribution < 1.29 is 55.0 Å². The first-order chi connectivity index (χ1) is 38.7. The molecule has 2 unspecified atom stereocenters. The van der Waals surface area contributed by atoms with Gasteiger partial charge in [-0.1, -0.05) is 102 Å². The van der Waals surface area contributed by atoms with Crippen molar-refractivity contribution in [2.24, 2.45) is 17.6 Å². The Kier molecular flexibility index (Phi) is 22.7. The zero-order chi connectivity index (χ0) is 59.0. The number of urea groups is 2. The topological polar surface area (TPSA) is 153 Å². The van der Waals surface area contributed by atoms with Gasteiger partial charge in [-0.3, -0.25) is 9.80 Å². The lowest BCUT2D eigenvalue weighted by Crippen LogP contribution is -2.58. The van der Waals surface area contributed by atoms with E-state index in [-0.39, 0.29) is 72.1 Å². The number of hydrogen-bond acceptors (Lipinski definition) is 9. The molecule has 2 heterocycles. The zero-order valence-electron chi connectivity index (χ0n) is 47.4. The number of nitrogens with two attached hydrogens (primary N) is 1. The number of carbonyl (C=O) groups excluding carboxylic acids is 4. The lowest BCUT2D eigenvalue weighted by molar-refractivity contribution is -0.140. The summed E-state index contributed by atoms with van der Waals surface area (Å²) in [6.45, 7) is 13.9. The lowest BCUT2D eigenvalue weighted by atomic mass is 9.78. The van der Waals surface area contributed by atoms with Gasteiger partial charge in [0.2, 0.25) is 0 Å². The molecule has 0 aromatic heterocycles. The standard InChI is InChI=1S/C62H77F6N7O6/c1-7-71(34-18-14-10-12-16-20-36-72-55(46-30-28-45(41-69)29-31-46)53(57(76)80-8-2)43(5)74(59(72)78)50-26-22-24-47(39-50)61(63,64)65)35-19-15-11-13-17-21-37-73-56(52-33-32-49(70)38-42(52)4)54(58(77)81-9-3)44(6)75(60(73)79)51-27-23-25-48(40-51)62(66,67)68/h22-33,38-40,42,52,55-56H,7-21,34-37,70H2,1-6H3/t42?,52?,55-,56-/m1/s1. The first-order valence-electron chi connectivity index (χ1n) is 28.4. The van der Waals surface area contributed by atoms with Crippen LogP contribution in [-0.4, -0.2) is 90.7 Å². The van der Waals surface area contributed by atoms with E-state index in [1.54, 1.807) is 56.0 Å². The van der Waals surface area contributed by atoms with Gasteiger partial charge in [0.05, 0.1) is 70.6 Å². The van der Waals surface area contributed by atoms with Gasteiger partial charge in [-0.25, -0.2) is 19.2 Å². The van der Waals surface area contributed by atoms with Gasteiger partial charge in [0.1, 0.15) is 0 Å². The largest absolute Gasteiger partial charge is 0.463 e. The molecule has 0 fully saturated rings. The number of allylic oxidation sites excluding steroid dienone is 4. The van der Waals surface area contributed by atoms with E-state index in [4.69, 9.17) is 15.2 Å². The van der Waals surface area contributed by atoms with Crippen molar-refractivity contribution in [3.63, 3.8) is 0 Å². The van der Waals surface area contributed by atoms with Crippen LogP contribution < -0.4 is 15.5 Å². The number of alkyl halides is 6.